The van der Waals surface area contributed by atoms with Crippen LogP contribution in [0.3, 0.4) is 0 Å². The van der Waals surface area contributed by atoms with Gasteiger partial charge in [-0.1, -0.05) is 29.5 Å². The molecule has 0 unspecified atom stereocenters. The lowest BCUT2D eigenvalue weighted by Crippen LogP contribution is -2.12. The number of nitrogens with zero attached hydrogens (tertiary/aromatic N) is 6. The maximum absolute atomic E-state index is 11.8. The van der Waals surface area contributed by atoms with Gasteiger partial charge < -0.3 is 9.47 Å². The van der Waals surface area contributed by atoms with Crippen molar-refractivity contribution in [3.63, 3.8) is 0 Å². The summed E-state index contributed by atoms with van der Waals surface area (Å²) in [5.74, 6) is 0.195. The summed E-state index contributed by atoms with van der Waals surface area (Å²) in [5.41, 5.74) is 5.52. The molecule has 1 aliphatic rings. The second-order valence-electron chi connectivity index (χ2n) is 7.68. The van der Waals surface area contributed by atoms with Crippen LogP contribution in [0.5, 0.6) is 5.75 Å². The largest absolute Gasteiger partial charge is 0.494 e. The summed E-state index contributed by atoms with van der Waals surface area (Å²) < 4.78 is 13.9. The van der Waals surface area contributed by atoms with Crippen LogP contribution in [0.4, 0.5) is 0 Å². The van der Waals surface area contributed by atoms with Crippen molar-refractivity contribution >= 4 is 19.5 Å². The highest BCUT2D eigenvalue weighted by molar-refractivity contribution is 7.59. The van der Waals surface area contributed by atoms with Gasteiger partial charge in [-0.05, 0) is 30.7 Å². The van der Waals surface area contributed by atoms with E-state index < -0.39 is 5.97 Å². The van der Waals surface area contributed by atoms with E-state index in [2.05, 4.69) is 16.4 Å². The molecule has 2 heterocycles. The Balaban J connectivity index is 0.00000274. The molecule has 0 N–H and O–H groups in total. The predicted molar refractivity (Wildman–Crippen MR) is 128 cm³/mol. The van der Waals surface area contributed by atoms with Crippen molar-refractivity contribution in [3.8, 4) is 28.8 Å². The topological polar surface area (TPSA) is 108 Å². The Morgan fingerprint density at radius 1 is 1.12 bits per heavy atom. The first-order chi connectivity index (χ1) is 16.1. The molecule has 5 rings (SSSR count). The van der Waals surface area contributed by atoms with Gasteiger partial charge in [-0.3, -0.25) is 0 Å². The lowest BCUT2D eigenvalue weighted by molar-refractivity contribution is 0.0594. The van der Waals surface area contributed by atoms with E-state index in [0.29, 0.717) is 24.2 Å². The number of hydrogen-bond acceptors (Lipinski definition) is 7. The Kier molecular flexibility index (Phi) is 6.38. The second kappa shape index (κ2) is 9.41. The fourth-order valence-electron chi connectivity index (χ4n) is 4.22. The third-order valence-corrected chi connectivity index (χ3v) is 5.82. The number of ether oxygens (including phenoxy) is 2. The van der Waals surface area contributed by atoms with Crippen LogP contribution < -0.4 is 4.74 Å². The summed E-state index contributed by atoms with van der Waals surface area (Å²) in [7, 11) is 2.95. The van der Waals surface area contributed by atoms with Crippen molar-refractivity contribution in [3.05, 3.63) is 77.2 Å². The van der Waals surface area contributed by atoms with Crippen LogP contribution in [0, 0.1) is 11.3 Å². The van der Waals surface area contributed by atoms with E-state index in [1.807, 2.05) is 41.1 Å². The van der Waals surface area contributed by atoms with Gasteiger partial charge in [0.15, 0.2) is 5.69 Å². The second-order valence-corrected chi connectivity index (χ2v) is 7.68. The van der Waals surface area contributed by atoms with Crippen molar-refractivity contribution in [2.45, 2.75) is 18.9 Å². The van der Waals surface area contributed by atoms with Gasteiger partial charge in [0.2, 0.25) is 0 Å². The van der Waals surface area contributed by atoms with E-state index in [-0.39, 0.29) is 25.2 Å². The molecule has 0 bridgehead atoms. The zero-order chi connectivity index (χ0) is 22.9. The minimum atomic E-state index is -0.517. The first-order valence-corrected chi connectivity index (χ1v) is 10.4. The number of hydrogen-bond donors (Lipinski definition) is 0. The molecule has 0 fully saturated rings. The Morgan fingerprint density at radius 3 is 2.59 bits per heavy atom. The van der Waals surface area contributed by atoms with Gasteiger partial charge in [0.05, 0.1) is 49.5 Å². The molecule has 9 nitrogen and oxygen atoms in total. The van der Waals surface area contributed by atoms with Crippen LogP contribution in [0.15, 0.2) is 54.7 Å². The lowest BCUT2D eigenvalue weighted by Gasteiger charge is -2.15. The molecule has 34 heavy (non-hydrogen) atoms. The minimum Gasteiger partial charge on any atom is -0.494 e. The molecular weight excluding hydrogens is 452 g/mol. The summed E-state index contributed by atoms with van der Waals surface area (Å²) in [4.78, 5) is 11.8. The third kappa shape index (κ3) is 3.91. The molecule has 1 atom stereocenters. The van der Waals surface area contributed by atoms with E-state index in [1.165, 1.54) is 7.11 Å². The molecule has 0 radical (unpaired) electrons. The molecule has 172 valence electrons. The molecule has 0 amide bonds. The molecular formula is C24H22N6O3S. The Hall–Kier alpha value is -4.10. The lowest BCUT2D eigenvalue weighted by atomic mass is 10.0. The van der Waals surface area contributed by atoms with Crippen LogP contribution in [0.1, 0.15) is 33.4 Å². The van der Waals surface area contributed by atoms with E-state index in [1.54, 1.807) is 30.1 Å². The monoisotopic (exact) mass is 474 g/mol. The number of carbonyl (C=O) groups is 1. The van der Waals surface area contributed by atoms with Gasteiger partial charge in [-0.15, -0.1) is 5.10 Å². The van der Waals surface area contributed by atoms with Crippen LogP contribution in [-0.2, 0) is 17.6 Å². The molecule has 4 aromatic rings. The van der Waals surface area contributed by atoms with Gasteiger partial charge in [0.1, 0.15) is 11.4 Å². The SMILES string of the molecule is COC(=O)c1cn([C@@H]2Cc3nn(-c4ccccc4OC)c(-c4ccc(C#N)cc4)c3C2)nn1.S. The number of esters is 1. The summed E-state index contributed by atoms with van der Waals surface area (Å²) in [6, 6.07) is 17.3. The number of carbonyl (C=O) groups excluding carboxylic acids is 1. The highest BCUT2D eigenvalue weighted by Crippen LogP contribution is 2.39. The predicted octanol–water partition coefficient (Wildman–Crippen LogP) is 3.25. The Bertz CT molecular complexity index is 1390. The molecule has 2 aromatic carbocycles. The van der Waals surface area contributed by atoms with Crippen molar-refractivity contribution in [1.82, 2.24) is 24.8 Å². The molecule has 1 aliphatic carbocycles. The van der Waals surface area contributed by atoms with Gasteiger partial charge in [0.25, 0.3) is 0 Å². The summed E-state index contributed by atoms with van der Waals surface area (Å²) >= 11 is 0. The minimum absolute atomic E-state index is 0. The number of nitriles is 1. The van der Waals surface area contributed by atoms with Crippen molar-refractivity contribution < 1.29 is 14.3 Å². The number of rotatable bonds is 5. The Morgan fingerprint density at radius 2 is 1.88 bits per heavy atom. The summed E-state index contributed by atoms with van der Waals surface area (Å²) in [5, 5.41) is 22.2. The number of aromatic nitrogens is 5. The molecule has 10 heteroatoms. The molecule has 0 spiro atoms. The average molecular weight is 475 g/mol. The van der Waals surface area contributed by atoms with Gasteiger partial charge in [-0.25, -0.2) is 14.2 Å². The number of para-hydroxylation sites is 2. The van der Waals surface area contributed by atoms with Crippen LogP contribution >= 0.6 is 13.5 Å². The van der Waals surface area contributed by atoms with Gasteiger partial charge in [-0.2, -0.15) is 23.9 Å². The molecule has 0 saturated heterocycles. The normalized spacial score (nSPS) is 14.1. The maximum Gasteiger partial charge on any atom is 0.360 e. The van der Waals surface area contributed by atoms with Crippen LogP contribution in [-0.4, -0.2) is 45.0 Å². The summed E-state index contributed by atoms with van der Waals surface area (Å²) in [6.07, 6.45) is 2.92. The number of methoxy groups -OCH3 is 2. The van der Waals surface area contributed by atoms with E-state index >= 15 is 0 Å². The van der Waals surface area contributed by atoms with Crippen LogP contribution in [0.2, 0.25) is 0 Å². The van der Waals surface area contributed by atoms with Crippen molar-refractivity contribution in [2.24, 2.45) is 0 Å². The molecule has 0 aliphatic heterocycles. The fourth-order valence-corrected chi connectivity index (χ4v) is 4.22. The first kappa shape index (κ1) is 23.1. The standard InChI is InChI=1S/C24H20N6O3.H2S/c1-32-22-6-4-3-5-21(22)30-23(16-9-7-15(13-25)8-10-16)18-11-17(12-19(18)27-30)29-14-20(26-28-29)24(31)33-2;/h3-10,14,17H,11-12H2,1-2H3;1H2/t17-;/m0./s1. The van der Waals surface area contributed by atoms with Gasteiger partial charge in [0, 0.05) is 17.5 Å². The maximum atomic E-state index is 11.8. The quantitative estimate of drug-likeness (QED) is 0.409. The summed E-state index contributed by atoms with van der Waals surface area (Å²) in [6.45, 7) is 0. The zero-order valence-electron chi connectivity index (χ0n) is 18.6. The Labute approximate surface area is 203 Å². The fraction of sp³-hybridized carbons (Fsp3) is 0.208. The molecule has 2 aromatic heterocycles. The third-order valence-electron chi connectivity index (χ3n) is 5.82. The molecule has 0 saturated carbocycles. The van der Waals surface area contributed by atoms with Gasteiger partial charge >= 0.3 is 5.97 Å². The van der Waals surface area contributed by atoms with Crippen molar-refractivity contribution in [1.29, 1.82) is 5.26 Å². The van der Waals surface area contributed by atoms with E-state index in [9.17, 15) is 10.1 Å². The average Bonchev–Trinajstić information content (AvgIpc) is 3.58. The van der Waals surface area contributed by atoms with E-state index in [0.717, 1.165) is 28.2 Å². The smallest absolute Gasteiger partial charge is 0.360 e. The zero-order valence-corrected chi connectivity index (χ0v) is 19.6. The van der Waals surface area contributed by atoms with Crippen molar-refractivity contribution in [2.75, 3.05) is 14.2 Å². The first-order valence-electron chi connectivity index (χ1n) is 10.4. The number of benzene rings is 2. The van der Waals surface area contributed by atoms with E-state index in [4.69, 9.17) is 14.6 Å². The highest BCUT2D eigenvalue weighted by Gasteiger charge is 2.32. The number of fused-ring (bicyclic) bond motifs is 1. The van der Waals surface area contributed by atoms with Crippen LogP contribution in [0.25, 0.3) is 16.9 Å². The highest BCUT2D eigenvalue weighted by atomic mass is 32.1.